The number of nitrogens with two attached hydrogens (primary N) is 1. The molecule has 0 radical (unpaired) electrons. The molecule has 2 aliphatic rings. The van der Waals surface area contributed by atoms with Crippen molar-refractivity contribution in [2.24, 2.45) is 5.73 Å². The van der Waals surface area contributed by atoms with Crippen molar-refractivity contribution in [2.45, 2.75) is 37.8 Å². The maximum Gasteiger partial charge on any atom is 0.0520 e. The van der Waals surface area contributed by atoms with Gasteiger partial charge in [-0.1, -0.05) is 0 Å². The van der Waals surface area contributed by atoms with Crippen LogP contribution in [0.2, 0.25) is 0 Å². The summed E-state index contributed by atoms with van der Waals surface area (Å²) in [7, 11) is 2.18. The van der Waals surface area contributed by atoms with Crippen molar-refractivity contribution >= 4 is 0 Å². The summed E-state index contributed by atoms with van der Waals surface area (Å²) in [5, 5.41) is 0. The molecule has 4 heteroatoms. The van der Waals surface area contributed by atoms with Crippen molar-refractivity contribution in [1.82, 2.24) is 9.88 Å². The summed E-state index contributed by atoms with van der Waals surface area (Å²) < 4.78 is 5.51. The molecule has 3 heterocycles. The molecule has 0 bridgehead atoms. The lowest BCUT2D eigenvalue weighted by Crippen LogP contribution is -2.42. The van der Waals surface area contributed by atoms with E-state index in [-0.39, 0.29) is 0 Å². The Hall–Kier alpha value is -0.840. The van der Waals surface area contributed by atoms with E-state index in [9.17, 15) is 0 Å². The number of aromatic amines is 1. The van der Waals surface area contributed by atoms with Gasteiger partial charge < -0.3 is 15.5 Å². The third-order valence-corrected chi connectivity index (χ3v) is 4.25. The summed E-state index contributed by atoms with van der Waals surface area (Å²) in [4.78, 5) is 6.01. The number of ether oxygens (including phenoxy) is 1. The largest absolute Gasteiger partial charge is 0.381 e. The molecule has 1 fully saturated rings. The Kier molecular flexibility index (Phi) is 3.41. The SMILES string of the molecule is CN1CC(N)CCC1c1cc2c([nH]1)CCOCC2. The van der Waals surface area contributed by atoms with Gasteiger partial charge in [-0.3, -0.25) is 4.90 Å². The topological polar surface area (TPSA) is 54.3 Å². The number of fused-ring (bicyclic) bond motifs is 1. The van der Waals surface area contributed by atoms with Gasteiger partial charge in [-0.15, -0.1) is 0 Å². The van der Waals surface area contributed by atoms with Gasteiger partial charge in [0.15, 0.2) is 0 Å². The summed E-state index contributed by atoms with van der Waals surface area (Å²) in [6.07, 6.45) is 4.35. The van der Waals surface area contributed by atoms with E-state index in [1.54, 1.807) is 0 Å². The molecular formula is C14H23N3O. The second-order valence-electron chi connectivity index (χ2n) is 5.63. The number of nitrogens with zero attached hydrogens (tertiary/aromatic N) is 1. The molecule has 1 aromatic heterocycles. The summed E-state index contributed by atoms with van der Waals surface area (Å²) >= 11 is 0. The molecule has 0 amide bonds. The van der Waals surface area contributed by atoms with Gasteiger partial charge in [-0.05, 0) is 37.9 Å². The Balaban J connectivity index is 1.80. The van der Waals surface area contributed by atoms with Gasteiger partial charge in [-0.2, -0.15) is 0 Å². The fourth-order valence-corrected chi connectivity index (χ4v) is 3.22. The molecule has 18 heavy (non-hydrogen) atoms. The first-order chi connectivity index (χ1) is 8.74. The first-order valence-electron chi connectivity index (χ1n) is 6.98. The second kappa shape index (κ2) is 5.03. The highest BCUT2D eigenvalue weighted by molar-refractivity contribution is 5.29. The normalized spacial score (nSPS) is 29.9. The Morgan fingerprint density at radius 2 is 2.17 bits per heavy atom. The fourth-order valence-electron chi connectivity index (χ4n) is 3.22. The van der Waals surface area contributed by atoms with Crippen LogP contribution in [0.4, 0.5) is 0 Å². The molecule has 2 unspecified atom stereocenters. The van der Waals surface area contributed by atoms with Gasteiger partial charge in [0.1, 0.15) is 0 Å². The minimum atomic E-state index is 0.340. The standard InChI is InChI=1S/C14H23N3O/c1-17-9-11(15)2-3-14(17)13-8-10-4-6-18-7-5-12(10)16-13/h8,11,14,16H,2-7,9,15H2,1H3. The van der Waals surface area contributed by atoms with E-state index in [0.29, 0.717) is 12.1 Å². The number of likely N-dealkylation sites (tertiary alicyclic amines) is 1. The Morgan fingerprint density at radius 3 is 3.00 bits per heavy atom. The van der Waals surface area contributed by atoms with E-state index in [1.165, 1.54) is 17.0 Å². The number of rotatable bonds is 1. The van der Waals surface area contributed by atoms with Gasteiger partial charge in [0.05, 0.1) is 13.2 Å². The number of H-pyrrole nitrogens is 1. The van der Waals surface area contributed by atoms with E-state index in [1.807, 2.05) is 0 Å². The first-order valence-corrected chi connectivity index (χ1v) is 6.98. The van der Waals surface area contributed by atoms with Crippen molar-refractivity contribution in [1.29, 1.82) is 0 Å². The van der Waals surface area contributed by atoms with Crippen LogP contribution in [0.5, 0.6) is 0 Å². The first kappa shape index (κ1) is 12.2. The van der Waals surface area contributed by atoms with Gasteiger partial charge >= 0.3 is 0 Å². The quantitative estimate of drug-likeness (QED) is 0.787. The summed E-state index contributed by atoms with van der Waals surface area (Å²) in [5.74, 6) is 0. The summed E-state index contributed by atoms with van der Waals surface area (Å²) in [6.45, 7) is 2.70. The molecule has 3 rings (SSSR count). The highest BCUT2D eigenvalue weighted by atomic mass is 16.5. The van der Waals surface area contributed by atoms with E-state index in [4.69, 9.17) is 10.5 Å². The molecule has 1 aromatic rings. The summed E-state index contributed by atoms with van der Waals surface area (Å²) in [6, 6.07) is 3.20. The van der Waals surface area contributed by atoms with Crippen molar-refractivity contribution < 1.29 is 4.74 Å². The number of piperidine rings is 1. The molecule has 0 spiro atoms. The molecule has 0 saturated carbocycles. The average Bonchev–Trinajstić information content (AvgIpc) is 2.60. The lowest BCUT2D eigenvalue weighted by atomic mass is 9.97. The lowest BCUT2D eigenvalue weighted by Gasteiger charge is -2.35. The Labute approximate surface area is 108 Å². The highest BCUT2D eigenvalue weighted by Gasteiger charge is 2.26. The van der Waals surface area contributed by atoms with Gasteiger partial charge in [0, 0.05) is 36.4 Å². The molecule has 2 atom stereocenters. The zero-order valence-electron chi connectivity index (χ0n) is 11.1. The minimum Gasteiger partial charge on any atom is -0.381 e. The molecule has 1 saturated heterocycles. The second-order valence-corrected chi connectivity index (χ2v) is 5.63. The van der Waals surface area contributed by atoms with Crippen molar-refractivity contribution in [2.75, 3.05) is 26.8 Å². The number of hydrogen-bond acceptors (Lipinski definition) is 3. The van der Waals surface area contributed by atoms with Crippen molar-refractivity contribution in [3.05, 3.63) is 23.0 Å². The van der Waals surface area contributed by atoms with E-state index >= 15 is 0 Å². The molecular weight excluding hydrogens is 226 g/mol. The number of nitrogens with one attached hydrogen (secondary N) is 1. The van der Waals surface area contributed by atoms with Crippen molar-refractivity contribution in [3.8, 4) is 0 Å². The molecule has 0 aliphatic carbocycles. The zero-order valence-corrected chi connectivity index (χ0v) is 11.1. The van der Waals surface area contributed by atoms with Gasteiger partial charge in [-0.25, -0.2) is 0 Å². The fraction of sp³-hybridized carbons (Fsp3) is 0.714. The maximum absolute atomic E-state index is 6.02. The van der Waals surface area contributed by atoms with E-state index < -0.39 is 0 Å². The van der Waals surface area contributed by atoms with Gasteiger partial charge in [0.25, 0.3) is 0 Å². The van der Waals surface area contributed by atoms with Crippen LogP contribution >= 0.6 is 0 Å². The third-order valence-electron chi connectivity index (χ3n) is 4.25. The maximum atomic E-state index is 6.02. The lowest BCUT2D eigenvalue weighted by molar-refractivity contribution is 0.145. The van der Waals surface area contributed by atoms with Crippen LogP contribution in [-0.4, -0.2) is 42.7 Å². The van der Waals surface area contributed by atoms with Crippen LogP contribution in [0.25, 0.3) is 0 Å². The molecule has 0 aromatic carbocycles. The van der Waals surface area contributed by atoms with Crippen LogP contribution < -0.4 is 5.73 Å². The highest BCUT2D eigenvalue weighted by Crippen LogP contribution is 2.30. The van der Waals surface area contributed by atoms with Crippen LogP contribution in [0.3, 0.4) is 0 Å². The third kappa shape index (κ3) is 2.32. The number of hydrogen-bond donors (Lipinski definition) is 2. The van der Waals surface area contributed by atoms with Gasteiger partial charge in [0.2, 0.25) is 0 Å². The van der Waals surface area contributed by atoms with Crippen molar-refractivity contribution in [3.63, 3.8) is 0 Å². The number of aromatic nitrogens is 1. The zero-order chi connectivity index (χ0) is 12.5. The summed E-state index contributed by atoms with van der Waals surface area (Å²) in [5.41, 5.74) is 10.2. The van der Waals surface area contributed by atoms with Crippen LogP contribution in [0.1, 0.15) is 35.8 Å². The smallest absolute Gasteiger partial charge is 0.0520 e. The van der Waals surface area contributed by atoms with Crippen LogP contribution in [0.15, 0.2) is 6.07 Å². The van der Waals surface area contributed by atoms with Crippen LogP contribution in [0, 0.1) is 0 Å². The molecule has 2 aliphatic heterocycles. The molecule has 100 valence electrons. The minimum absolute atomic E-state index is 0.340. The molecule has 3 N–H and O–H groups in total. The predicted octanol–water partition coefficient (Wildman–Crippen LogP) is 1.22. The predicted molar refractivity (Wildman–Crippen MR) is 71.6 cm³/mol. The van der Waals surface area contributed by atoms with Crippen LogP contribution in [-0.2, 0) is 17.6 Å². The van der Waals surface area contributed by atoms with E-state index in [2.05, 4.69) is 23.0 Å². The average molecular weight is 249 g/mol. The molecule has 4 nitrogen and oxygen atoms in total. The number of likely N-dealkylation sites (N-methyl/N-ethyl adjacent to an activating group) is 1. The Morgan fingerprint density at radius 1 is 1.33 bits per heavy atom. The Bertz CT molecular complexity index is 392. The van der Waals surface area contributed by atoms with E-state index in [0.717, 1.165) is 45.4 Å². The monoisotopic (exact) mass is 249 g/mol.